The third-order valence-electron chi connectivity index (χ3n) is 3.39. The van der Waals surface area contributed by atoms with Crippen LogP contribution in [0, 0.1) is 0 Å². The van der Waals surface area contributed by atoms with Gasteiger partial charge in [-0.25, -0.2) is 4.98 Å². The van der Waals surface area contributed by atoms with Gasteiger partial charge in [0.2, 0.25) is 5.95 Å². The zero-order valence-electron chi connectivity index (χ0n) is 12.3. The second-order valence-electron chi connectivity index (χ2n) is 5.13. The van der Waals surface area contributed by atoms with Gasteiger partial charge < -0.3 is 19.8 Å². The maximum Gasteiger partial charge on any atom is 0.278 e. The molecule has 0 unspecified atom stereocenters. The highest BCUT2D eigenvalue weighted by Crippen LogP contribution is 2.11. The molecule has 0 aliphatic carbocycles. The Hall–Kier alpha value is -3.16. The molecular formula is C15H14N5O3-. The van der Waals surface area contributed by atoms with Crippen molar-refractivity contribution in [3.05, 3.63) is 52.6 Å². The highest BCUT2D eigenvalue weighted by molar-refractivity contribution is 5.75. The van der Waals surface area contributed by atoms with Crippen molar-refractivity contribution in [3.63, 3.8) is 0 Å². The van der Waals surface area contributed by atoms with E-state index in [-0.39, 0.29) is 11.6 Å². The largest absolute Gasteiger partial charge is 0.548 e. The van der Waals surface area contributed by atoms with Gasteiger partial charge in [-0.15, -0.1) is 0 Å². The van der Waals surface area contributed by atoms with E-state index in [2.05, 4.69) is 20.3 Å². The number of hydrogen-bond acceptors (Lipinski definition) is 6. The van der Waals surface area contributed by atoms with E-state index in [0.717, 1.165) is 5.56 Å². The Morgan fingerprint density at radius 2 is 2.13 bits per heavy atom. The number of benzene rings is 1. The monoisotopic (exact) mass is 312 g/mol. The standard InChI is InChI=1S/C15H15N5O3/c1-9(14(22)23)17-15-18-12-11(13(21)19-15)20(8-16-12)7-10-5-3-2-4-6-10/h2-6,8-9H,7H2,1H3,(H,22,23)(H2,17,18,19,21)/p-1/t9-/m1/s1. The Morgan fingerprint density at radius 3 is 2.83 bits per heavy atom. The molecule has 1 atom stereocenters. The van der Waals surface area contributed by atoms with Gasteiger partial charge in [-0.05, 0) is 12.5 Å². The molecule has 0 radical (unpaired) electrons. The summed E-state index contributed by atoms with van der Waals surface area (Å²) in [6, 6.07) is 8.67. The summed E-state index contributed by atoms with van der Waals surface area (Å²) in [4.78, 5) is 33.8. The molecular weight excluding hydrogens is 298 g/mol. The van der Waals surface area contributed by atoms with E-state index in [4.69, 9.17) is 0 Å². The number of aliphatic carboxylic acids is 1. The molecule has 0 saturated carbocycles. The van der Waals surface area contributed by atoms with Crippen molar-refractivity contribution in [2.45, 2.75) is 19.5 Å². The fourth-order valence-corrected chi connectivity index (χ4v) is 2.22. The number of carboxylic acid groups (broad SMARTS) is 1. The summed E-state index contributed by atoms with van der Waals surface area (Å²) >= 11 is 0. The van der Waals surface area contributed by atoms with E-state index < -0.39 is 17.6 Å². The summed E-state index contributed by atoms with van der Waals surface area (Å²) in [5.74, 6) is -1.24. The zero-order valence-corrected chi connectivity index (χ0v) is 12.3. The molecule has 0 aliphatic heterocycles. The fourth-order valence-electron chi connectivity index (χ4n) is 2.22. The summed E-state index contributed by atoms with van der Waals surface area (Å²) in [6.07, 6.45) is 1.53. The lowest BCUT2D eigenvalue weighted by Gasteiger charge is -2.14. The smallest absolute Gasteiger partial charge is 0.278 e. The molecule has 118 valence electrons. The van der Waals surface area contributed by atoms with Crippen molar-refractivity contribution in [3.8, 4) is 0 Å². The number of carbonyl (C=O) groups excluding carboxylic acids is 1. The first-order valence-electron chi connectivity index (χ1n) is 7.01. The SMILES string of the molecule is C[C@@H](Nc1nc2ncn(Cc3ccccc3)c2c(=O)[nH]1)C(=O)[O-]. The van der Waals surface area contributed by atoms with Gasteiger partial charge in [0, 0.05) is 6.54 Å². The highest BCUT2D eigenvalue weighted by Gasteiger charge is 2.12. The summed E-state index contributed by atoms with van der Waals surface area (Å²) in [5, 5.41) is 13.3. The van der Waals surface area contributed by atoms with Crippen molar-refractivity contribution >= 4 is 23.1 Å². The average molecular weight is 312 g/mol. The van der Waals surface area contributed by atoms with Crippen LogP contribution in [0.5, 0.6) is 0 Å². The third-order valence-corrected chi connectivity index (χ3v) is 3.39. The van der Waals surface area contributed by atoms with Crippen LogP contribution in [0.25, 0.3) is 11.2 Å². The minimum Gasteiger partial charge on any atom is -0.548 e. The van der Waals surface area contributed by atoms with Crippen LogP contribution in [0.3, 0.4) is 0 Å². The van der Waals surface area contributed by atoms with Crippen LogP contribution in [0.2, 0.25) is 0 Å². The molecule has 2 heterocycles. The Balaban J connectivity index is 1.95. The van der Waals surface area contributed by atoms with Gasteiger partial charge in [-0.3, -0.25) is 9.78 Å². The number of carbonyl (C=O) groups is 1. The third kappa shape index (κ3) is 3.05. The molecule has 1 aromatic carbocycles. The molecule has 0 aliphatic rings. The van der Waals surface area contributed by atoms with Crippen LogP contribution in [-0.2, 0) is 11.3 Å². The Morgan fingerprint density at radius 1 is 1.39 bits per heavy atom. The van der Waals surface area contributed by atoms with Crippen LogP contribution >= 0.6 is 0 Å². The van der Waals surface area contributed by atoms with Crippen molar-refractivity contribution in [2.24, 2.45) is 0 Å². The van der Waals surface area contributed by atoms with E-state index in [0.29, 0.717) is 12.1 Å². The number of imidazole rings is 1. The molecule has 0 spiro atoms. The second-order valence-corrected chi connectivity index (χ2v) is 5.13. The number of aromatic amines is 1. The molecule has 0 bridgehead atoms. The van der Waals surface area contributed by atoms with Crippen LogP contribution in [-0.4, -0.2) is 31.5 Å². The van der Waals surface area contributed by atoms with Gasteiger partial charge in [0.25, 0.3) is 5.56 Å². The van der Waals surface area contributed by atoms with Crippen molar-refractivity contribution in [2.75, 3.05) is 5.32 Å². The molecule has 2 N–H and O–H groups in total. The molecule has 0 amide bonds. The quantitative estimate of drug-likeness (QED) is 0.669. The molecule has 8 nitrogen and oxygen atoms in total. The molecule has 3 rings (SSSR count). The number of hydrogen-bond donors (Lipinski definition) is 2. The predicted molar refractivity (Wildman–Crippen MR) is 81.8 cm³/mol. The second kappa shape index (κ2) is 5.91. The van der Waals surface area contributed by atoms with Gasteiger partial charge in [0.15, 0.2) is 11.2 Å². The van der Waals surface area contributed by atoms with E-state index in [1.807, 2.05) is 30.3 Å². The van der Waals surface area contributed by atoms with Gasteiger partial charge in [0.05, 0.1) is 18.3 Å². The highest BCUT2D eigenvalue weighted by atomic mass is 16.4. The minimum absolute atomic E-state index is 0.0455. The van der Waals surface area contributed by atoms with Crippen LogP contribution < -0.4 is 16.0 Å². The number of fused-ring (bicyclic) bond motifs is 1. The lowest BCUT2D eigenvalue weighted by molar-refractivity contribution is -0.306. The molecule has 0 fully saturated rings. The Kier molecular flexibility index (Phi) is 3.80. The summed E-state index contributed by atoms with van der Waals surface area (Å²) in [7, 11) is 0. The minimum atomic E-state index is -1.29. The van der Waals surface area contributed by atoms with Crippen molar-refractivity contribution < 1.29 is 9.90 Å². The van der Waals surface area contributed by atoms with Crippen molar-refractivity contribution in [1.82, 2.24) is 19.5 Å². The first-order chi connectivity index (χ1) is 11.0. The van der Waals surface area contributed by atoms with E-state index >= 15 is 0 Å². The number of rotatable bonds is 5. The van der Waals surface area contributed by atoms with Gasteiger partial charge in [-0.1, -0.05) is 30.3 Å². The number of nitrogens with zero attached hydrogens (tertiary/aromatic N) is 3. The number of H-pyrrole nitrogens is 1. The molecule has 2 aromatic heterocycles. The predicted octanol–water partition coefficient (Wildman–Crippen LogP) is -0.282. The maximum absolute atomic E-state index is 12.3. The fraction of sp³-hybridized carbons (Fsp3) is 0.200. The number of nitrogens with one attached hydrogen (secondary N) is 2. The first-order valence-corrected chi connectivity index (χ1v) is 7.01. The molecule has 23 heavy (non-hydrogen) atoms. The van der Waals surface area contributed by atoms with E-state index in [9.17, 15) is 14.7 Å². The van der Waals surface area contributed by atoms with E-state index in [1.54, 1.807) is 4.57 Å². The zero-order chi connectivity index (χ0) is 16.4. The van der Waals surface area contributed by atoms with E-state index in [1.165, 1.54) is 13.3 Å². The lowest BCUT2D eigenvalue weighted by Crippen LogP contribution is -2.39. The van der Waals surface area contributed by atoms with Crippen LogP contribution in [0.15, 0.2) is 41.5 Å². The number of carboxylic acids is 1. The normalized spacial score (nSPS) is 12.2. The molecule has 0 saturated heterocycles. The van der Waals surface area contributed by atoms with Gasteiger partial charge in [0.1, 0.15) is 0 Å². The number of aromatic nitrogens is 4. The maximum atomic E-state index is 12.3. The van der Waals surface area contributed by atoms with Crippen molar-refractivity contribution in [1.29, 1.82) is 0 Å². The van der Waals surface area contributed by atoms with Crippen LogP contribution in [0.1, 0.15) is 12.5 Å². The summed E-state index contributed by atoms with van der Waals surface area (Å²) in [5.41, 5.74) is 1.22. The Bertz CT molecular complexity index is 900. The van der Waals surface area contributed by atoms with Gasteiger partial charge in [-0.2, -0.15) is 4.98 Å². The Labute approximate surface area is 130 Å². The molecule has 8 heteroatoms. The van der Waals surface area contributed by atoms with Crippen LogP contribution in [0.4, 0.5) is 5.95 Å². The first kappa shape index (κ1) is 14.8. The average Bonchev–Trinajstić information content (AvgIpc) is 2.91. The lowest BCUT2D eigenvalue weighted by atomic mass is 10.2. The molecule has 3 aromatic rings. The van der Waals surface area contributed by atoms with Gasteiger partial charge >= 0.3 is 0 Å². The topological polar surface area (TPSA) is 116 Å². The summed E-state index contributed by atoms with van der Waals surface area (Å²) < 4.78 is 1.70. The number of anilines is 1. The summed E-state index contributed by atoms with van der Waals surface area (Å²) in [6.45, 7) is 1.89.